The van der Waals surface area contributed by atoms with Gasteiger partial charge in [0.1, 0.15) is 0 Å². The minimum absolute atomic E-state index is 0.106. The van der Waals surface area contributed by atoms with Gasteiger partial charge in [0, 0.05) is 11.3 Å². The Kier molecular flexibility index (Phi) is 5.38. The fourth-order valence-corrected chi connectivity index (χ4v) is 3.41. The number of aryl methyl sites for hydroxylation is 1. The van der Waals surface area contributed by atoms with Crippen molar-refractivity contribution in [3.8, 4) is 0 Å². The second-order valence-corrected chi connectivity index (χ2v) is 6.78. The fourth-order valence-electron chi connectivity index (χ4n) is 3.41. The molecule has 1 aliphatic rings. The van der Waals surface area contributed by atoms with E-state index in [0.717, 1.165) is 23.1 Å². The number of hydrogen-bond acceptors (Lipinski definition) is 3. The van der Waals surface area contributed by atoms with Crippen molar-refractivity contribution < 1.29 is 14.7 Å². The Labute approximate surface area is 153 Å². The summed E-state index contributed by atoms with van der Waals surface area (Å²) >= 11 is 0. The van der Waals surface area contributed by atoms with Gasteiger partial charge in [-0.15, -0.1) is 0 Å². The molecule has 2 amide bonds. The molecule has 3 N–H and O–H groups in total. The summed E-state index contributed by atoms with van der Waals surface area (Å²) in [7, 11) is 0. The Morgan fingerprint density at radius 1 is 1.27 bits per heavy atom. The van der Waals surface area contributed by atoms with Gasteiger partial charge in [0.15, 0.2) is 0 Å². The van der Waals surface area contributed by atoms with Crippen molar-refractivity contribution in [2.75, 3.05) is 5.32 Å². The molecule has 0 fully saturated rings. The van der Waals surface area contributed by atoms with Gasteiger partial charge >= 0.3 is 0 Å². The fraction of sp³-hybridized carbons (Fsp3) is 0.333. The van der Waals surface area contributed by atoms with E-state index in [1.807, 2.05) is 38.1 Å². The van der Waals surface area contributed by atoms with Crippen molar-refractivity contribution in [1.82, 2.24) is 5.32 Å². The highest BCUT2D eigenvalue weighted by Crippen LogP contribution is 2.27. The van der Waals surface area contributed by atoms with Crippen LogP contribution in [0.25, 0.3) is 0 Å². The largest absolute Gasteiger partial charge is 0.386 e. The predicted octanol–water partition coefficient (Wildman–Crippen LogP) is 3.12. The minimum atomic E-state index is -0.782. The molecule has 0 unspecified atom stereocenters. The highest BCUT2D eigenvalue weighted by molar-refractivity contribution is 6.05. The van der Waals surface area contributed by atoms with Crippen LogP contribution in [0.15, 0.2) is 42.5 Å². The molecule has 1 aliphatic heterocycles. The third kappa shape index (κ3) is 3.78. The molecule has 0 bridgehead atoms. The first-order valence-electron chi connectivity index (χ1n) is 8.96. The van der Waals surface area contributed by atoms with E-state index < -0.39 is 12.1 Å². The van der Waals surface area contributed by atoms with E-state index >= 15 is 0 Å². The van der Waals surface area contributed by atoms with E-state index in [0.29, 0.717) is 17.7 Å². The monoisotopic (exact) mass is 352 g/mol. The maximum absolute atomic E-state index is 12.8. The number of hydrogen-bond donors (Lipinski definition) is 3. The molecule has 3 rings (SSSR count). The maximum Gasteiger partial charge on any atom is 0.251 e. The first-order chi connectivity index (χ1) is 12.5. The van der Waals surface area contributed by atoms with Crippen LogP contribution in [0, 0.1) is 6.92 Å². The first kappa shape index (κ1) is 18.1. The van der Waals surface area contributed by atoms with Crippen LogP contribution in [0.4, 0.5) is 5.69 Å². The summed E-state index contributed by atoms with van der Waals surface area (Å²) in [4.78, 5) is 24.5. The van der Waals surface area contributed by atoms with Gasteiger partial charge in [-0.1, -0.05) is 49.2 Å². The standard InChI is InChI=1S/C21H24N2O3/c1-3-6-18(20(25)14-8-4-7-13(2)11-14)23-21(26)15-9-5-10-17-16(15)12-19(24)22-17/h4-5,7-11,18,20,25H,3,6,12H2,1-2H3,(H,22,24)(H,23,26)/t18-,20+/m1/s1. The lowest BCUT2D eigenvalue weighted by molar-refractivity contribution is -0.115. The van der Waals surface area contributed by atoms with Crippen molar-refractivity contribution in [1.29, 1.82) is 0 Å². The van der Waals surface area contributed by atoms with E-state index in [1.165, 1.54) is 0 Å². The zero-order valence-electron chi connectivity index (χ0n) is 15.1. The smallest absolute Gasteiger partial charge is 0.251 e. The number of anilines is 1. The van der Waals surface area contributed by atoms with Gasteiger partial charge in [-0.2, -0.15) is 0 Å². The van der Waals surface area contributed by atoms with Crippen molar-refractivity contribution >= 4 is 17.5 Å². The van der Waals surface area contributed by atoms with E-state index in [2.05, 4.69) is 10.6 Å². The van der Waals surface area contributed by atoms with Crippen molar-refractivity contribution in [3.63, 3.8) is 0 Å². The quantitative estimate of drug-likeness (QED) is 0.747. The summed E-state index contributed by atoms with van der Waals surface area (Å²) in [5.41, 5.74) is 3.75. The zero-order chi connectivity index (χ0) is 18.7. The molecule has 1 heterocycles. The molecular weight excluding hydrogens is 328 g/mol. The zero-order valence-corrected chi connectivity index (χ0v) is 15.1. The van der Waals surface area contributed by atoms with Crippen molar-refractivity contribution in [2.24, 2.45) is 0 Å². The Morgan fingerprint density at radius 2 is 2.04 bits per heavy atom. The molecule has 136 valence electrons. The summed E-state index contributed by atoms with van der Waals surface area (Å²) in [5.74, 6) is -0.367. The summed E-state index contributed by atoms with van der Waals surface area (Å²) in [5, 5.41) is 16.5. The van der Waals surface area contributed by atoms with Crippen molar-refractivity contribution in [2.45, 2.75) is 45.3 Å². The molecule has 5 heteroatoms. The SMILES string of the molecule is CCC[C@@H](NC(=O)c1cccc2c1CC(=O)N2)[C@@H](O)c1cccc(C)c1. The highest BCUT2D eigenvalue weighted by Gasteiger charge is 2.27. The van der Waals surface area contributed by atoms with Gasteiger partial charge < -0.3 is 15.7 Å². The van der Waals surface area contributed by atoms with Crippen LogP contribution in [-0.2, 0) is 11.2 Å². The number of carbonyl (C=O) groups is 2. The lowest BCUT2D eigenvalue weighted by Crippen LogP contribution is -2.39. The Hall–Kier alpha value is -2.66. The number of aliphatic hydroxyl groups is 1. The number of fused-ring (bicyclic) bond motifs is 1. The molecule has 2 atom stereocenters. The number of amides is 2. The summed E-state index contributed by atoms with van der Waals surface area (Å²) in [6.45, 7) is 3.99. The Morgan fingerprint density at radius 3 is 2.77 bits per heavy atom. The average Bonchev–Trinajstić information content (AvgIpc) is 3.00. The minimum Gasteiger partial charge on any atom is -0.386 e. The number of aliphatic hydroxyl groups excluding tert-OH is 1. The Balaban J connectivity index is 1.82. The van der Waals surface area contributed by atoms with Crippen LogP contribution in [-0.4, -0.2) is 23.0 Å². The van der Waals surface area contributed by atoms with E-state index in [9.17, 15) is 14.7 Å². The second-order valence-electron chi connectivity index (χ2n) is 6.78. The van der Waals surface area contributed by atoms with Gasteiger partial charge in [-0.05, 0) is 36.6 Å². The van der Waals surface area contributed by atoms with Gasteiger partial charge in [0.25, 0.3) is 5.91 Å². The third-order valence-corrected chi connectivity index (χ3v) is 4.71. The van der Waals surface area contributed by atoms with Crippen molar-refractivity contribution in [3.05, 3.63) is 64.7 Å². The molecule has 2 aromatic rings. The molecule has 5 nitrogen and oxygen atoms in total. The van der Waals surface area contributed by atoms with Crippen LogP contribution < -0.4 is 10.6 Å². The Bertz CT molecular complexity index is 832. The number of benzene rings is 2. The molecule has 0 radical (unpaired) electrons. The molecule has 0 saturated heterocycles. The molecule has 2 aromatic carbocycles. The normalized spacial score (nSPS) is 15.1. The first-order valence-corrected chi connectivity index (χ1v) is 8.96. The lowest BCUT2D eigenvalue weighted by atomic mass is 9.96. The highest BCUT2D eigenvalue weighted by atomic mass is 16.3. The number of nitrogens with one attached hydrogen (secondary N) is 2. The molecule has 0 saturated carbocycles. The van der Waals surface area contributed by atoms with Crippen LogP contribution in [0.1, 0.15) is 52.9 Å². The van der Waals surface area contributed by atoms with E-state index in [-0.39, 0.29) is 18.2 Å². The van der Waals surface area contributed by atoms with Gasteiger partial charge in [-0.3, -0.25) is 9.59 Å². The topological polar surface area (TPSA) is 78.4 Å². The third-order valence-electron chi connectivity index (χ3n) is 4.71. The molecular formula is C21H24N2O3. The average molecular weight is 352 g/mol. The van der Waals surface area contributed by atoms with Gasteiger partial charge in [0.2, 0.25) is 5.91 Å². The lowest BCUT2D eigenvalue weighted by Gasteiger charge is -2.25. The molecule has 0 aromatic heterocycles. The van der Waals surface area contributed by atoms with Crippen LogP contribution in [0.3, 0.4) is 0 Å². The number of carbonyl (C=O) groups excluding carboxylic acids is 2. The summed E-state index contributed by atoms with van der Waals surface area (Å²) < 4.78 is 0. The van der Waals surface area contributed by atoms with E-state index in [1.54, 1.807) is 18.2 Å². The number of rotatable bonds is 6. The maximum atomic E-state index is 12.8. The summed E-state index contributed by atoms with van der Waals surface area (Å²) in [6, 6.07) is 12.6. The molecule has 26 heavy (non-hydrogen) atoms. The van der Waals surface area contributed by atoms with Crippen LogP contribution in [0.2, 0.25) is 0 Å². The second kappa shape index (κ2) is 7.70. The summed E-state index contributed by atoms with van der Waals surface area (Å²) in [6.07, 6.45) is 0.918. The van der Waals surface area contributed by atoms with Gasteiger partial charge in [0.05, 0.1) is 18.6 Å². The van der Waals surface area contributed by atoms with Crippen LogP contribution in [0.5, 0.6) is 0 Å². The van der Waals surface area contributed by atoms with Gasteiger partial charge in [-0.25, -0.2) is 0 Å². The predicted molar refractivity (Wildman–Crippen MR) is 101 cm³/mol. The van der Waals surface area contributed by atoms with E-state index in [4.69, 9.17) is 0 Å². The molecule has 0 aliphatic carbocycles. The van der Waals surface area contributed by atoms with Crippen LogP contribution >= 0.6 is 0 Å². The molecule has 0 spiro atoms.